The standard InChI is InChI=1S/C9H15N2P/c1-2-6-12(7-3-1)9-11-5-4-10-8-11/h4-5,8H,1-3,6-7,9H2/p+1. The van der Waals surface area contributed by atoms with Crippen LogP contribution in [0.5, 0.6) is 0 Å². The Morgan fingerprint density at radius 3 is 2.75 bits per heavy atom. The summed E-state index contributed by atoms with van der Waals surface area (Å²) in [5.74, 6) is 0. The number of imidazole rings is 1. The molecule has 2 nitrogen and oxygen atoms in total. The van der Waals surface area contributed by atoms with Crippen LogP contribution in [-0.2, 0) is 6.29 Å². The third-order valence-corrected chi connectivity index (χ3v) is 5.46. The molecule has 1 fully saturated rings. The lowest BCUT2D eigenvalue weighted by atomic mass is 10.3. The molecule has 0 bridgehead atoms. The molecule has 1 aromatic heterocycles. The fraction of sp³-hybridized carbons (Fsp3) is 0.667. The molecule has 12 heavy (non-hydrogen) atoms. The van der Waals surface area contributed by atoms with Crippen molar-refractivity contribution in [1.82, 2.24) is 9.55 Å². The van der Waals surface area contributed by atoms with Crippen LogP contribution in [0.3, 0.4) is 0 Å². The van der Waals surface area contributed by atoms with Gasteiger partial charge in [-0.05, 0) is 19.3 Å². The van der Waals surface area contributed by atoms with Crippen molar-refractivity contribution in [3.05, 3.63) is 18.7 Å². The highest BCUT2D eigenvalue weighted by atomic mass is 31.1. The molecule has 2 rings (SSSR count). The Hall–Kier alpha value is -0.360. The van der Waals surface area contributed by atoms with Crippen molar-refractivity contribution < 1.29 is 0 Å². The molecular weight excluding hydrogens is 167 g/mol. The first kappa shape index (κ1) is 8.25. The largest absolute Gasteiger partial charge is 0.305 e. The van der Waals surface area contributed by atoms with E-state index >= 15 is 0 Å². The average Bonchev–Trinajstić information content (AvgIpc) is 2.59. The zero-order valence-corrected chi connectivity index (χ0v) is 8.37. The molecule has 66 valence electrons. The van der Waals surface area contributed by atoms with Gasteiger partial charge in [-0.25, -0.2) is 4.98 Å². The van der Waals surface area contributed by atoms with E-state index in [0.717, 1.165) is 0 Å². The van der Waals surface area contributed by atoms with Gasteiger partial charge in [-0.15, -0.1) is 0 Å². The highest BCUT2D eigenvalue weighted by Crippen LogP contribution is 2.42. The summed E-state index contributed by atoms with van der Waals surface area (Å²) in [5.41, 5.74) is 0. The van der Waals surface area contributed by atoms with Gasteiger partial charge in [0.05, 0.1) is 18.7 Å². The van der Waals surface area contributed by atoms with E-state index in [9.17, 15) is 0 Å². The molecule has 3 heteroatoms. The first-order chi connectivity index (χ1) is 5.95. The van der Waals surface area contributed by atoms with Gasteiger partial charge < -0.3 is 4.57 Å². The maximum atomic E-state index is 4.07. The van der Waals surface area contributed by atoms with Crippen LogP contribution in [-0.4, -0.2) is 21.9 Å². The lowest BCUT2D eigenvalue weighted by Gasteiger charge is -2.15. The van der Waals surface area contributed by atoms with Crippen LogP contribution >= 0.6 is 7.92 Å². The van der Waals surface area contributed by atoms with E-state index in [1.54, 1.807) is 0 Å². The minimum Gasteiger partial charge on any atom is -0.305 e. The predicted molar refractivity (Wildman–Crippen MR) is 54.1 cm³/mol. The summed E-state index contributed by atoms with van der Waals surface area (Å²) in [5, 5.41) is 0. The molecule has 1 saturated heterocycles. The SMILES string of the molecule is c1cn(C[PH+]2CCCCC2)cn1. The zero-order chi connectivity index (χ0) is 8.23. The second-order valence-corrected chi connectivity index (χ2v) is 6.36. The molecule has 1 aromatic rings. The fourth-order valence-electron chi connectivity index (χ4n) is 1.85. The molecule has 0 aliphatic carbocycles. The highest BCUT2D eigenvalue weighted by molar-refractivity contribution is 7.56. The van der Waals surface area contributed by atoms with Crippen LogP contribution in [0.25, 0.3) is 0 Å². The number of aromatic nitrogens is 2. The van der Waals surface area contributed by atoms with Crippen LogP contribution in [0.2, 0.25) is 0 Å². The predicted octanol–water partition coefficient (Wildman–Crippen LogP) is 2.24. The summed E-state index contributed by atoms with van der Waals surface area (Å²) >= 11 is 0. The van der Waals surface area contributed by atoms with E-state index < -0.39 is 0 Å². The minimum atomic E-state index is -0.0476. The Kier molecular flexibility index (Phi) is 2.78. The zero-order valence-electron chi connectivity index (χ0n) is 7.37. The van der Waals surface area contributed by atoms with Crippen LogP contribution in [0.1, 0.15) is 19.3 Å². The lowest BCUT2D eigenvalue weighted by Crippen LogP contribution is -2.04. The van der Waals surface area contributed by atoms with E-state index in [-0.39, 0.29) is 7.92 Å². The van der Waals surface area contributed by atoms with Gasteiger partial charge in [0.15, 0.2) is 0 Å². The summed E-state index contributed by atoms with van der Waals surface area (Å²) < 4.78 is 2.25. The summed E-state index contributed by atoms with van der Waals surface area (Å²) in [4.78, 5) is 4.07. The van der Waals surface area contributed by atoms with Crippen molar-refractivity contribution in [3.8, 4) is 0 Å². The monoisotopic (exact) mass is 183 g/mol. The number of hydrogen-bond acceptors (Lipinski definition) is 1. The van der Waals surface area contributed by atoms with Crippen LogP contribution in [0, 0.1) is 0 Å². The van der Waals surface area contributed by atoms with Crippen molar-refractivity contribution in [1.29, 1.82) is 0 Å². The van der Waals surface area contributed by atoms with Crippen LogP contribution in [0.4, 0.5) is 0 Å². The summed E-state index contributed by atoms with van der Waals surface area (Å²) in [6, 6.07) is 0. The molecular formula is C9H16N2P+. The third kappa shape index (κ3) is 2.07. The summed E-state index contributed by atoms with van der Waals surface area (Å²) in [6.45, 7) is 0. The summed E-state index contributed by atoms with van der Waals surface area (Å²) in [6.07, 6.45) is 14.7. The number of hydrogen-bond donors (Lipinski definition) is 0. The maximum Gasteiger partial charge on any atom is 0.132 e. The third-order valence-electron chi connectivity index (χ3n) is 2.53. The number of rotatable bonds is 2. The van der Waals surface area contributed by atoms with Crippen molar-refractivity contribution in [2.24, 2.45) is 0 Å². The molecule has 0 amide bonds. The van der Waals surface area contributed by atoms with Gasteiger partial charge in [-0.3, -0.25) is 0 Å². The van der Waals surface area contributed by atoms with Crippen LogP contribution in [0.15, 0.2) is 18.7 Å². The van der Waals surface area contributed by atoms with E-state index in [1.807, 2.05) is 12.5 Å². The summed E-state index contributed by atoms with van der Waals surface area (Å²) in [7, 11) is -0.0476. The molecule has 0 atom stereocenters. The maximum absolute atomic E-state index is 4.07. The molecule has 0 spiro atoms. The van der Waals surface area contributed by atoms with E-state index in [4.69, 9.17) is 0 Å². The number of nitrogens with zero attached hydrogens (tertiary/aromatic N) is 2. The van der Waals surface area contributed by atoms with Gasteiger partial charge in [-0.2, -0.15) is 0 Å². The smallest absolute Gasteiger partial charge is 0.132 e. The Labute approximate surface area is 74.8 Å². The Morgan fingerprint density at radius 1 is 1.25 bits per heavy atom. The molecule has 0 unspecified atom stereocenters. The van der Waals surface area contributed by atoms with Gasteiger partial charge in [0.1, 0.15) is 6.29 Å². The van der Waals surface area contributed by atoms with Crippen molar-refractivity contribution in [2.45, 2.75) is 25.5 Å². The minimum absolute atomic E-state index is 0.0476. The van der Waals surface area contributed by atoms with Gasteiger partial charge in [0.25, 0.3) is 0 Å². The molecule has 0 N–H and O–H groups in total. The van der Waals surface area contributed by atoms with Gasteiger partial charge in [0.2, 0.25) is 0 Å². The first-order valence-corrected chi connectivity index (χ1v) is 6.86. The fourth-order valence-corrected chi connectivity index (χ4v) is 4.62. The second-order valence-electron chi connectivity index (χ2n) is 3.55. The molecule has 1 aliphatic rings. The van der Waals surface area contributed by atoms with E-state index in [1.165, 1.54) is 37.9 Å². The topological polar surface area (TPSA) is 17.8 Å². The quantitative estimate of drug-likeness (QED) is 0.643. The molecule has 1 aliphatic heterocycles. The molecule has 2 heterocycles. The normalized spacial score (nSPS) is 19.7. The second kappa shape index (κ2) is 4.04. The lowest BCUT2D eigenvalue weighted by molar-refractivity contribution is 0.739. The Morgan fingerprint density at radius 2 is 2.08 bits per heavy atom. The van der Waals surface area contributed by atoms with Crippen molar-refractivity contribution in [2.75, 3.05) is 12.3 Å². The van der Waals surface area contributed by atoms with Crippen LogP contribution < -0.4 is 0 Å². The Bertz CT molecular complexity index is 214. The molecule has 0 aromatic carbocycles. The first-order valence-electron chi connectivity index (χ1n) is 4.74. The van der Waals surface area contributed by atoms with E-state index in [0.29, 0.717) is 0 Å². The van der Waals surface area contributed by atoms with Gasteiger partial charge in [0, 0.05) is 20.3 Å². The molecule has 0 radical (unpaired) electrons. The van der Waals surface area contributed by atoms with Crippen molar-refractivity contribution >= 4 is 7.92 Å². The average molecular weight is 183 g/mol. The van der Waals surface area contributed by atoms with Crippen molar-refractivity contribution in [3.63, 3.8) is 0 Å². The Balaban J connectivity index is 1.86. The van der Waals surface area contributed by atoms with Gasteiger partial charge >= 0.3 is 0 Å². The van der Waals surface area contributed by atoms with E-state index in [2.05, 4.69) is 15.7 Å². The highest BCUT2D eigenvalue weighted by Gasteiger charge is 2.19. The molecule has 0 saturated carbocycles. The van der Waals surface area contributed by atoms with Gasteiger partial charge in [-0.1, -0.05) is 0 Å².